The van der Waals surface area contributed by atoms with Gasteiger partial charge in [0, 0.05) is 17.6 Å². The molecule has 0 spiro atoms. The average Bonchev–Trinajstić information content (AvgIpc) is 2.48. The standard InChI is InChI=1S/C18H29NO2/c1-14(2)21-17-7-5-4-6-16(17)12-19-18(13-20)10-8-15(3)9-11-18/h4-7,14-15,19-20H,8-13H2,1-3H3. The third kappa shape index (κ3) is 4.45. The Morgan fingerprint density at radius 1 is 1.29 bits per heavy atom. The van der Waals surface area contributed by atoms with Crippen molar-refractivity contribution in [3.63, 3.8) is 0 Å². The molecule has 2 N–H and O–H groups in total. The Morgan fingerprint density at radius 2 is 1.95 bits per heavy atom. The maximum absolute atomic E-state index is 9.83. The zero-order chi connectivity index (χ0) is 15.3. The molecule has 0 amide bonds. The van der Waals surface area contributed by atoms with Crippen LogP contribution in [0.4, 0.5) is 0 Å². The Balaban J connectivity index is 2.01. The van der Waals surface area contributed by atoms with Crippen LogP contribution in [-0.4, -0.2) is 23.4 Å². The van der Waals surface area contributed by atoms with Crippen LogP contribution in [0.25, 0.3) is 0 Å². The Kier molecular flexibility index (Phi) is 5.65. The molecule has 1 fully saturated rings. The van der Waals surface area contributed by atoms with Crippen LogP contribution >= 0.6 is 0 Å². The summed E-state index contributed by atoms with van der Waals surface area (Å²) in [6.07, 6.45) is 4.67. The quantitative estimate of drug-likeness (QED) is 0.843. The van der Waals surface area contributed by atoms with Gasteiger partial charge in [-0.3, -0.25) is 0 Å². The third-order valence-electron chi connectivity index (χ3n) is 4.52. The van der Waals surface area contributed by atoms with Crippen LogP contribution in [0.5, 0.6) is 5.75 Å². The number of benzene rings is 1. The van der Waals surface area contributed by atoms with Gasteiger partial charge in [-0.1, -0.05) is 25.1 Å². The topological polar surface area (TPSA) is 41.5 Å². The van der Waals surface area contributed by atoms with Crippen molar-refractivity contribution in [3.8, 4) is 5.75 Å². The lowest BCUT2D eigenvalue weighted by atomic mass is 9.77. The second-order valence-corrected chi connectivity index (χ2v) is 6.75. The van der Waals surface area contributed by atoms with Crippen molar-refractivity contribution in [1.29, 1.82) is 0 Å². The summed E-state index contributed by atoms with van der Waals surface area (Å²) >= 11 is 0. The molecule has 1 aliphatic carbocycles. The summed E-state index contributed by atoms with van der Waals surface area (Å²) < 4.78 is 5.87. The Hall–Kier alpha value is -1.06. The second kappa shape index (κ2) is 7.28. The van der Waals surface area contributed by atoms with Gasteiger partial charge in [0.05, 0.1) is 12.7 Å². The van der Waals surface area contributed by atoms with Crippen molar-refractivity contribution in [2.24, 2.45) is 5.92 Å². The van der Waals surface area contributed by atoms with Gasteiger partial charge in [0.2, 0.25) is 0 Å². The number of hydrogen-bond donors (Lipinski definition) is 2. The second-order valence-electron chi connectivity index (χ2n) is 6.75. The van der Waals surface area contributed by atoms with Crippen molar-refractivity contribution in [2.45, 2.75) is 64.6 Å². The molecule has 1 saturated carbocycles. The minimum Gasteiger partial charge on any atom is -0.491 e. The molecular formula is C18H29NO2. The summed E-state index contributed by atoms with van der Waals surface area (Å²) in [6.45, 7) is 7.35. The fourth-order valence-electron chi connectivity index (χ4n) is 3.01. The van der Waals surface area contributed by atoms with Gasteiger partial charge in [-0.05, 0) is 51.5 Å². The van der Waals surface area contributed by atoms with Gasteiger partial charge in [-0.2, -0.15) is 0 Å². The molecule has 3 heteroatoms. The van der Waals surface area contributed by atoms with Crippen LogP contribution in [0, 0.1) is 5.92 Å². The van der Waals surface area contributed by atoms with Crippen molar-refractivity contribution in [3.05, 3.63) is 29.8 Å². The summed E-state index contributed by atoms with van der Waals surface area (Å²) in [7, 11) is 0. The van der Waals surface area contributed by atoms with Crippen LogP contribution in [0.1, 0.15) is 52.0 Å². The summed E-state index contributed by atoms with van der Waals surface area (Å²) in [5.41, 5.74) is 1.05. The number of hydrogen-bond acceptors (Lipinski definition) is 3. The smallest absolute Gasteiger partial charge is 0.124 e. The fourth-order valence-corrected chi connectivity index (χ4v) is 3.01. The van der Waals surface area contributed by atoms with E-state index in [1.54, 1.807) is 0 Å². The zero-order valence-corrected chi connectivity index (χ0v) is 13.6. The highest BCUT2D eigenvalue weighted by Gasteiger charge is 2.33. The molecule has 3 nitrogen and oxygen atoms in total. The van der Waals surface area contributed by atoms with Crippen molar-refractivity contribution in [2.75, 3.05) is 6.61 Å². The van der Waals surface area contributed by atoms with E-state index in [0.29, 0.717) is 0 Å². The Morgan fingerprint density at radius 3 is 2.57 bits per heavy atom. The van der Waals surface area contributed by atoms with Gasteiger partial charge in [0.25, 0.3) is 0 Å². The number of ether oxygens (including phenoxy) is 1. The minimum atomic E-state index is -0.114. The predicted molar refractivity (Wildman–Crippen MR) is 86.5 cm³/mol. The van der Waals surface area contributed by atoms with E-state index in [0.717, 1.165) is 36.6 Å². The van der Waals surface area contributed by atoms with Gasteiger partial charge in [-0.15, -0.1) is 0 Å². The molecule has 0 aromatic heterocycles. The molecule has 0 bridgehead atoms. The predicted octanol–water partition coefficient (Wildman–Crippen LogP) is 3.50. The highest BCUT2D eigenvalue weighted by molar-refractivity contribution is 5.33. The van der Waals surface area contributed by atoms with Gasteiger partial charge >= 0.3 is 0 Å². The molecule has 0 unspecified atom stereocenters. The molecular weight excluding hydrogens is 262 g/mol. The average molecular weight is 291 g/mol. The lowest BCUT2D eigenvalue weighted by Gasteiger charge is -2.39. The summed E-state index contributed by atoms with van der Waals surface area (Å²) in [5.74, 6) is 1.72. The van der Waals surface area contributed by atoms with Crippen LogP contribution in [0.3, 0.4) is 0 Å². The molecule has 0 radical (unpaired) electrons. The molecule has 1 aliphatic rings. The van der Waals surface area contributed by atoms with Crippen LogP contribution in [-0.2, 0) is 6.54 Å². The maximum Gasteiger partial charge on any atom is 0.124 e. The highest BCUT2D eigenvalue weighted by Crippen LogP contribution is 2.32. The minimum absolute atomic E-state index is 0.114. The lowest BCUT2D eigenvalue weighted by Crippen LogP contribution is -2.50. The Bertz CT molecular complexity index is 437. The first-order valence-electron chi connectivity index (χ1n) is 8.15. The van der Waals surface area contributed by atoms with E-state index >= 15 is 0 Å². The van der Waals surface area contributed by atoms with E-state index in [-0.39, 0.29) is 18.2 Å². The van der Waals surface area contributed by atoms with E-state index in [4.69, 9.17) is 4.74 Å². The first-order valence-corrected chi connectivity index (χ1v) is 8.15. The first-order chi connectivity index (χ1) is 10.0. The molecule has 1 aromatic carbocycles. The zero-order valence-electron chi connectivity index (χ0n) is 13.6. The number of aliphatic hydroxyl groups excluding tert-OH is 1. The molecule has 0 aliphatic heterocycles. The maximum atomic E-state index is 9.83. The van der Waals surface area contributed by atoms with Crippen molar-refractivity contribution >= 4 is 0 Å². The third-order valence-corrected chi connectivity index (χ3v) is 4.52. The normalized spacial score (nSPS) is 26.0. The van der Waals surface area contributed by atoms with Gasteiger partial charge in [0.15, 0.2) is 0 Å². The molecule has 0 saturated heterocycles. The molecule has 1 aromatic rings. The van der Waals surface area contributed by atoms with Gasteiger partial charge < -0.3 is 15.2 Å². The van der Waals surface area contributed by atoms with Crippen LogP contribution < -0.4 is 10.1 Å². The van der Waals surface area contributed by atoms with E-state index in [1.165, 1.54) is 12.8 Å². The van der Waals surface area contributed by atoms with Crippen LogP contribution in [0.15, 0.2) is 24.3 Å². The van der Waals surface area contributed by atoms with Crippen LogP contribution in [0.2, 0.25) is 0 Å². The van der Waals surface area contributed by atoms with E-state index in [9.17, 15) is 5.11 Å². The SMILES string of the molecule is CC1CCC(CO)(NCc2ccccc2OC(C)C)CC1. The molecule has 2 rings (SSSR count). The fraction of sp³-hybridized carbons (Fsp3) is 0.667. The largest absolute Gasteiger partial charge is 0.491 e. The summed E-state index contributed by atoms with van der Waals surface area (Å²) in [6, 6.07) is 8.16. The first kappa shape index (κ1) is 16.3. The Labute approximate surface area is 128 Å². The van der Waals surface area contributed by atoms with E-state index < -0.39 is 0 Å². The molecule has 21 heavy (non-hydrogen) atoms. The van der Waals surface area contributed by atoms with Crippen molar-refractivity contribution in [1.82, 2.24) is 5.32 Å². The number of rotatable bonds is 6. The molecule has 0 heterocycles. The molecule has 0 atom stereocenters. The molecule has 118 valence electrons. The lowest BCUT2D eigenvalue weighted by molar-refractivity contribution is 0.104. The highest BCUT2D eigenvalue weighted by atomic mass is 16.5. The summed E-state index contributed by atoms with van der Waals surface area (Å²) in [5, 5.41) is 13.4. The number of aliphatic hydroxyl groups is 1. The monoisotopic (exact) mass is 291 g/mol. The van der Waals surface area contributed by atoms with Gasteiger partial charge in [0.1, 0.15) is 5.75 Å². The van der Waals surface area contributed by atoms with Gasteiger partial charge in [-0.25, -0.2) is 0 Å². The van der Waals surface area contributed by atoms with Crippen molar-refractivity contribution < 1.29 is 9.84 Å². The van der Waals surface area contributed by atoms with E-state index in [1.807, 2.05) is 32.0 Å². The summed E-state index contributed by atoms with van der Waals surface area (Å²) in [4.78, 5) is 0. The van der Waals surface area contributed by atoms with E-state index in [2.05, 4.69) is 18.3 Å². The number of para-hydroxylation sites is 1. The number of nitrogens with one attached hydrogen (secondary N) is 1.